The fourth-order valence-corrected chi connectivity index (χ4v) is 2.50. The van der Waals surface area contributed by atoms with Gasteiger partial charge in [-0.3, -0.25) is 4.79 Å². The molecular formula is C19H24F2N2O4. The minimum absolute atomic E-state index is 0.0494. The first-order valence-electron chi connectivity index (χ1n) is 8.80. The number of benzene rings is 1. The number of nitrogens with zero attached hydrogens (tertiary/aromatic N) is 1. The van der Waals surface area contributed by atoms with E-state index in [1.165, 1.54) is 33.3 Å². The number of carbonyl (C=O) groups excluding carboxylic acids is 1. The van der Waals surface area contributed by atoms with Crippen LogP contribution in [0.2, 0.25) is 0 Å². The van der Waals surface area contributed by atoms with Crippen molar-refractivity contribution in [2.45, 2.75) is 45.6 Å². The summed E-state index contributed by atoms with van der Waals surface area (Å²) in [5.41, 5.74) is 1.04. The maximum Gasteiger partial charge on any atom is 0.217 e. The molecule has 0 atom stereocenters. The van der Waals surface area contributed by atoms with E-state index >= 15 is 0 Å². The van der Waals surface area contributed by atoms with Crippen molar-refractivity contribution in [2.75, 3.05) is 13.7 Å². The van der Waals surface area contributed by atoms with Crippen molar-refractivity contribution in [1.29, 1.82) is 0 Å². The van der Waals surface area contributed by atoms with E-state index in [9.17, 15) is 13.6 Å². The van der Waals surface area contributed by atoms with Crippen LogP contribution >= 0.6 is 0 Å². The number of methoxy groups -OCH3 is 1. The van der Waals surface area contributed by atoms with E-state index in [4.69, 9.17) is 9.26 Å². The summed E-state index contributed by atoms with van der Waals surface area (Å²) in [6.07, 6.45) is 3.72. The van der Waals surface area contributed by atoms with Gasteiger partial charge in [-0.05, 0) is 19.8 Å². The maximum absolute atomic E-state index is 13.0. The van der Waals surface area contributed by atoms with Crippen LogP contribution in [0.15, 0.2) is 22.7 Å². The molecule has 0 spiro atoms. The third-order valence-corrected chi connectivity index (χ3v) is 4.10. The van der Waals surface area contributed by atoms with Gasteiger partial charge >= 0.3 is 0 Å². The molecule has 148 valence electrons. The summed E-state index contributed by atoms with van der Waals surface area (Å²) < 4.78 is 40.5. The van der Waals surface area contributed by atoms with E-state index in [0.29, 0.717) is 19.1 Å². The van der Waals surface area contributed by atoms with Crippen molar-refractivity contribution in [3.05, 3.63) is 41.3 Å². The summed E-state index contributed by atoms with van der Waals surface area (Å²) in [4.78, 5) is 10.7. The standard InChI is InChI=1S/C10H14N2O2.C9H10F2O2/c1-7(13)11-6-9-5-10(12-14-9)8-3-2-4-8;1-3-13-6-4-7(10)9(12-2)8(11)5-6/h5,8H,2-4,6H2,1H3,(H,11,13);4-5H,3H2,1-2H3. The molecule has 0 aliphatic heterocycles. The molecule has 1 heterocycles. The van der Waals surface area contributed by atoms with E-state index in [1.807, 2.05) is 6.07 Å². The summed E-state index contributed by atoms with van der Waals surface area (Å²) in [6, 6.07) is 4.12. The van der Waals surface area contributed by atoms with Crippen LogP contribution in [0, 0.1) is 11.6 Å². The van der Waals surface area contributed by atoms with Crippen LogP contribution in [-0.2, 0) is 11.3 Å². The molecule has 1 aromatic heterocycles. The van der Waals surface area contributed by atoms with Crippen LogP contribution in [0.25, 0.3) is 0 Å². The number of rotatable bonds is 6. The van der Waals surface area contributed by atoms with E-state index < -0.39 is 11.6 Å². The second-order valence-corrected chi connectivity index (χ2v) is 6.11. The number of halogens is 2. The van der Waals surface area contributed by atoms with Crippen molar-refractivity contribution >= 4 is 5.91 Å². The van der Waals surface area contributed by atoms with E-state index in [1.54, 1.807) is 6.92 Å². The second-order valence-electron chi connectivity index (χ2n) is 6.11. The topological polar surface area (TPSA) is 73.6 Å². The predicted octanol–water partition coefficient (Wildman–Crippen LogP) is 3.95. The Hall–Kier alpha value is -2.64. The highest BCUT2D eigenvalue weighted by molar-refractivity contribution is 5.72. The first-order chi connectivity index (χ1) is 12.9. The van der Waals surface area contributed by atoms with E-state index in [0.717, 1.165) is 23.6 Å². The molecule has 0 bridgehead atoms. The Morgan fingerprint density at radius 1 is 1.30 bits per heavy atom. The lowest BCUT2D eigenvalue weighted by Crippen LogP contribution is -2.18. The molecule has 27 heavy (non-hydrogen) atoms. The van der Waals surface area contributed by atoms with E-state index in [2.05, 4.69) is 15.2 Å². The molecule has 0 unspecified atom stereocenters. The molecule has 1 amide bonds. The average Bonchev–Trinajstić information content (AvgIpc) is 3.00. The first kappa shape index (κ1) is 20.7. The fraction of sp³-hybridized carbons (Fsp3) is 0.474. The van der Waals surface area contributed by atoms with Gasteiger partial charge in [-0.25, -0.2) is 8.78 Å². The van der Waals surface area contributed by atoms with Gasteiger partial charge in [-0.1, -0.05) is 11.6 Å². The largest absolute Gasteiger partial charge is 0.494 e. The molecular weight excluding hydrogens is 358 g/mol. The third kappa shape index (κ3) is 5.94. The zero-order chi connectivity index (χ0) is 19.8. The summed E-state index contributed by atoms with van der Waals surface area (Å²) in [5, 5.41) is 6.67. The van der Waals surface area contributed by atoms with Gasteiger partial charge in [0, 0.05) is 31.0 Å². The molecule has 3 rings (SSSR count). The molecule has 1 aromatic carbocycles. The van der Waals surface area contributed by atoms with Gasteiger partial charge in [0.2, 0.25) is 5.91 Å². The smallest absolute Gasteiger partial charge is 0.217 e. The molecule has 8 heteroatoms. The highest BCUT2D eigenvalue weighted by atomic mass is 19.1. The summed E-state index contributed by atoms with van der Waals surface area (Å²) in [7, 11) is 1.21. The number of amides is 1. The van der Waals surface area contributed by atoms with Gasteiger partial charge in [0.15, 0.2) is 23.1 Å². The molecule has 1 aliphatic carbocycles. The van der Waals surface area contributed by atoms with Crippen molar-refractivity contribution < 1.29 is 27.6 Å². The molecule has 1 aliphatic rings. The van der Waals surface area contributed by atoms with Crippen LogP contribution < -0.4 is 14.8 Å². The molecule has 2 aromatic rings. The molecule has 0 radical (unpaired) electrons. The third-order valence-electron chi connectivity index (χ3n) is 4.10. The monoisotopic (exact) mass is 382 g/mol. The number of hydrogen-bond acceptors (Lipinski definition) is 5. The fourth-order valence-electron chi connectivity index (χ4n) is 2.50. The van der Waals surface area contributed by atoms with Crippen LogP contribution in [0.1, 0.15) is 50.5 Å². The average molecular weight is 382 g/mol. The second kappa shape index (κ2) is 9.89. The Kier molecular flexibility index (Phi) is 7.57. The minimum atomic E-state index is -0.758. The Balaban J connectivity index is 0.000000194. The lowest BCUT2D eigenvalue weighted by molar-refractivity contribution is -0.119. The van der Waals surface area contributed by atoms with Crippen LogP contribution in [0.5, 0.6) is 11.5 Å². The minimum Gasteiger partial charge on any atom is -0.494 e. The Morgan fingerprint density at radius 2 is 1.96 bits per heavy atom. The lowest BCUT2D eigenvalue weighted by Gasteiger charge is -2.22. The van der Waals surface area contributed by atoms with Crippen molar-refractivity contribution in [3.8, 4) is 11.5 Å². The Bertz CT molecular complexity index is 737. The molecule has 1 saturated carbocycles. The zero-order valence-corrected chi connectivity index (χ0v) is 15.7. The van der Waals surface area contributed by atoms with Crippen LogP contribution in [-0.4, -0.2) is 24.8 Å². The normalized spacial score (nSPS) is 13.2. The predicted molar refractivity (Wildman–Crippen MR) is 94.7 cm³/mol. The summed E-state index contributed by atoms with van der Waals surface area (Å²) in [5.74, 6) is -0.461. The summed E-state index contributed by atoms with van der Waals surface area (Å²) in [6.45, 7) is 4.03. The van der Waals surface area contributed by atoms with E-state index in [-0.39, 0.29) is 17.4 Å². The Labute approximate surface area is 156 Å². The van der Waals surface area contributed by atoms with Gasteiger partial charge in [-0.15, -0.1) is 0 Å². The van der Waals surface area contributed by atoms with Gasteiger partial charge < -0.3 is 19.3 Å². The number of aromatic nitrogens is 1. The van der Waals surface area contributed by atoms with Crippen molar-refractivity contribution in [3.63, 3.8) is 0 Å². The van der Waals surface area contributed by atoms with Gasteiger partial charge in [0.25, 0.3) is 0 Å². The van der Waals surface area contributed by atoms with Crippen LogP contribution in [0.4, 0.5) is 8.78 Å². The highest BCUT2D eigenvalue weighted by Gasteiger charge is 2.22. The lowest BCUT2D eigenvalue weighted by atomic mass is 9.83. The highest BCUT2D eigenvalue weighted by Crippen LogP contribution is 2.35. The molecule has 6 nitrogen and oxygen atoms in total. The number of nitrogens with one attached hydrogen (secondary N) is 1. The Morgan fingerprint density at radius 3 is 2.44 bits per heavy atom. The first-order valence-corrected chi connectivity index (χ1v) is 8.80. The number of hydrogen-bond donors (Lipinski definition) is 1. The van der Waals surface area contributed by atoms with Gasteiger partial charge in [-0.2, -0.15) is 0 Å². The molecule has 0 saturated heterocycles. The number of carbonyl (C=O) groups is 1. The van der Waals surface area contributed by atoms with Crippen molar-refractivity contribution in [1.82, 2.24) is 10.5 Å². The van der Waals surface area contributed by atoms with Gasteiger partial charge in [0.1, 0.15) is 5.75 Å². The molecule has 1 fully saturated rings. The van der Waals surface area contributed by atoms with Crippen LogP contribution in [0.3, 0.4) is 0 Å². The SMILES string of the molecule is CC(=O)NCc1cc(C2CCC2)no1.CCOc1cc(F)c(OC)c(F)c1. The summed E-state index contributed by atoms with van der Waals surface area (Å²) >= 11 is 0. The van der Waals surface area contributed by atoms with Gasteiger partial charge in [0.05, 0.1) is 26.0 Å². The number of ether oxygens (including phenoxy) is 2. The quantitative estimate of drug-likeness (QED) is 0.819. The maximum atomic E-state index is 13.0. The zero-order valence-electron chi connectivity index (χ0n) is 15.7. The molecule has 1 N–H and O–H groups in total. The van der Waals surface area contributed by atoms with Crippen molar-refractivity contribution in [2.24, 2.45) is 0 Å².